The smallest absolute Gasteiger partial charge is 0.278 e. The van der Waals surface area contributed by atoms with E-state index in [-0.39, 0.29) is 30.4 Å². The molecular formula is C22H27N5O4. The topological polar surface area (TPSA) is 120 Å². The minimum atomic E-state index is -0.531. The summed E-state index contributed by atoms with van der Waals surface area (Å²) in [5, 5.41) is 23.4. The summed E-state index contributed by atoms with van der Waals surface area (Å²) in [6.45, 7) is 7.36. The quantitative estimate of drug-likeness (QED) is 0.443. The molecule has 2 rings (SSSR count). The summed E-state index contributed by atoms with van der Waals surface area (Å²) < 4.78 is 10.5. The molecule has 1 heterocycles. The fourth-order valence-electron chi connectivity index (χ4n) is 2.97. The van der Waals surface area contributed by atoms with Crippen molar-refractivity contribution >= 4 is 17.8 Å². The number of nitrogens with zero attached hydrogens (tertiary/aromatic N) is 4. The molecule has 1 amide bonds. The molecular weight excluding hydrogens is 398 g/mol. The Bertz CT molecular complexity index is 981. The molecule has 2 aromatic rings. The van der Waals surface area contributed by atoms with Gasteiger partial charge in [-0.05, 0) is 39.0 Å². The third-order valence-electron chi connectivity index (χ3n) is 4.48. The number of aromatic hydroxyl groups is 1. The molecule has 0 aliphatic heterocycles. The number of carbonyl (C=O) groups excluding carboxylic acids is 1. The second-order valence-corrected chi connectivity index (χ2v) is 6.64. The molecule has 0 saturated carbocycles. The summed E-state index contributed by atoms with van der Waals surface area (Å²) in [4.78, 5) is 18.3. The van der Waals surface area contributed by atoms with Crippen LogP contribution in [0.5, 0.6) is 11.6 Å². The van der Waals surface area contributed by atoms with E-state index in [1.54, 1.807) is 25.1 Å². The summed E-state index contributed by atoms with van der Waals surface area (Å²) in [5.74, 6) is -0.402. The van der Waals surface area contributed by atoms with Crippen molar-refractivity contribution in [1.82, 2.24) is 10.4 Å². The number of rotatable bonds is 10. The highest BCUT2D eigenvalue weighted by atomic mass is 16.5. The van der Waals surface area contributed by atoms with Gasteiger partial charge in [-0.3, -0.25) is 4.79 Å². The summed E-state index contributed by atoms with van der Waals surface area (Å²) in [6, 6.07) is 9.02. The zero-order valence-corrected chi connectivity index (χ0v) is 18.2. The lowest BCUT2D eigenvalue weighted by Crippen LogP contribution is -2.25. The number of phenolic OH excluding ortho intramolecular Hbond substituents is 1. The van der Waals surface area contributed by atoms with Crippen molar-refractivity contribution in [2.24, 2.45) is 5.10 Å². The number of ether oxygens (including phenoxy) is 2. The number of benzene rings is 1. The van der Waals surface area contributed by atoms with Crippen molar-refractivity contribution in [3.63, 3.8) is 0 Å². The molecule has 1 aromatic heterocycles. The summed E-state index contributed by atoms with van der Waals surface area (Å²) >= 11 is 0. The first kappa shape index (κ1) is 23.6. The molecule has 0 aliphatic carbocycles. The average Bonchev–Trinajstić information content (AvgIpc) is 2.74. The second-order valence-electron chi connectivity index (χ2n) is 6.64. The van der Waals surface area contributed by atoms with Crippen LogP contribution in [0.2, 0.25) is 0 Å². The average molecular weight is 425 g/mol. The first-order valence-corrected chi connectivity index (χ1v) is 9.85. The van der Waals surface area contributed by atoms with Gasteiger partial charge in [0.25, 0.3) is 5.91 Å². The van der Waals surface area contributed by atoms with Gasteiger partial charge in [0.2, 0.25) is 5.88 Å². The van der Waals surface area contributed by atoms with E-state index in [1.165, 1.54) is 13.3 Å². The standard InChI is InChI=1S/C22H27N5O4/c1-5-27(6-2)18-8-7-16(20(28)10-18)12-24-26-21(29)14-31-22-19(11-23)17(13-30-4)9-15(3)25-22/h7-10,12,28H,5-6,13-14H2,1-4H3,(H,26,29)/b24-12-. The number of carbonyl (C=O) groups is 1. The second kappa shape index (κ2) is 11.5. The molecule has 0 saturated heterocycles. The predicted octanol–water partition coefficient (Wildman–Crippen LogP) is 2.49. The Kier molecular flexibility index (Phi) is 8.78. The Morgan fingerprint density at radius 2 is 2.10 bits per heavy atom. The number of hydrogen-bond donors (Lipinski definition) is 2. The van der Waals surface area contributed by atoms with E-state index in [0.717, 1.165) is 18.8 Å². The Hall–Kier alpha value is -3.64. The van der Waals surface area contributed by atoms with Gasteiger partial charge in [-0.25, -0.2) is 10.4 Å². The summed E-state index contributed by atoms with van der Waals surface area (Å²) in [5.41, 5.74) is 5.20. The molecule has 0 atom stereocenters. The minimum Gasteiger partial charge on any atom is -0.507 e. The van der Waals surface area contributed by atoms with Gasteiger partial charge in [0.1, 0.15) is 17.4 Å². The van der Waals surface area contributed by atoms with Crippen molar-refractivity contribution < 1.29 is 19.4 Å². The highest BCUT2D eigenvalue weighted by Crippen LogP contribution is 2.24. The van der Waals surface area contributed by atoms with Gasteiger partial charge in [-0.1, -0.05) is 0 Å². The van der Waals surface area contributed by atoms with E-state index < -0.39 is 5.91 Å². The van der Waals surface area contributed by atoms with Gasteiger partial charge in [-0.15, -0.1) is 0 Å². The van der Waals surface area contributed by atoms with Crippen LogP contribution in [0.3, 0.4) is 0 Å². The lowest BCUT2D eigenvalue weighted by atomic mass is 10.1. The van der Waals surface area contributed by atoms with Crippen LogP contribution in [0.25, 0.3) is 0 Å². The van der Waals surface area contributed by atoms with Crippen LogP contribution in [0.15, 0.2) is 29.4 Å². The third-order valence-corrected chi connectivity index (χ3v) is 4.48. The van der Waals surface area contributed by atoms with Gasteiger partial charge in [0.05, 0.1) is 12.8 Å². The number of methoxy groups -OCH3 is 1. The van der Waals surface area contributed by atoms with Crippen molar-refractivity contribution in [3.8, 4) is 17.7 Å². The maximum Gasteiger partial charge on any atom is 0.278 e. The van der Waals surface area contributed by atoms with Crippen LogP contribution in [0.1, 0.15) is 36.2 Å². The predicted molar refractivity (Wildman–Crippen MR) is 117 cm³/mol. The van der Waals surface area contributed by atoms with Gasteiger partial charge in [-0.2, -0.15) is 10.4 Å². The maximum atomic E-state index is 12.1. The van der Waals surface area contributed by atoms with E-state index in [0.29, 0.717) is 16.8 Å². The van der Waals surface area contributed by atoms with E-state index in [1.807, 2.05) is 26.0 Å². The number of hydrogen-bond acceptors (Lipinski definition) is 8. The molecule has 0 spiro atoms. The van der Waals surface area contributed by atoms with Crippen LogP contribution in [-0.2, 0) is 16.1 Å². The zero-order valence-electron chi connectivity index (χ0n) is 18.2. The number of nitrogens with one attached hydrogen (secondary N) is 1. The fraction of sp³-hybridized carbons (Fsp3) is 0.364. The molecule has 9 heteroatoms. The number of nitriles is 1. The minimum absolute atomic E-state index is 0.0620. The van der Waals surface area contributed by atoms with Crippen molar-refractivity contribution in [3.05, 3.63) is 46.6 Å². The highest BCUT2D eigenvalue weighted by molar-refractivity contribution is 5.86. The van der Waals surface area contributed by atoms with Gasteiger partial charge < -0.3 is 19.5 Å². The Balaban J connectivity index is 1.99. The number of aromatic nitrogens is 1. The molecule has 1 aromatic carbocycles. The van der Waals surface area contributed by atoms with Gasteiger partial charge >= 0.3 is 0 Å². The van der Waals surface area contributed by atoms with Crippen LogP contribution in [-0.4, -0.2) is 49.0 Å². The van der Waals surface area contributed by atoms with Gasteiger partial charge in [0, 0.05) is 48.8 Å². The van der Waals surface area contributed by atoms with Gasteiger partial charge in [0.15, 0.2) is 6.61 Å². The number of amides is 1. The molecule has 0 unspecified atom stereocenters. The lowest BCUT2D eigenvalue weighted by molar-refractivity contribution is -0.123. The summed E-state index contributed by atoms with van der Waals surface area (Å²) in [6.07, 6.45) is 1.35. The SMILES string of the molecule is CCN(CC)c1ccc(/C=N\NC(=O)COc2nc(C)cc(COC)c2C#N)c(O)c1. The number of aryl methyl sites for hydroxylation is 1. The maximum absolute atomic E-state index is 12.1. The Morgan fingerprint density at radius 3 is 2.71 bits per heavy atom. The van der Waals surface area contributed by atoms with Crippen LogP contribution >= 0.6 is 0 Å². The van der Waals surface area contributed by atoms with E-state index in [2.05, 4.69) is 20.4 Å². The molecule has 9 nitrogen and oxygen atoms in total. The molecule has 0 fully saturated rings. The molecule has 0 aliphatic rings. The van der Waals surface area contributed by atoms with Crippen molar-refractivity contribution in [2.45, 2.75) is 27.4 Å². The molecule has 164 valence electrons. The first-order valence-electron chi connectivity index (χ1n) is 9.85. The third kappa shape index (κ3) is 6.42. The van der Waals surface area contributed by atoms with E-state index in [9.17, 15) is 15.2 Å². The molecule has 31 heavy (non-hydrogen) atoms. The Labute approximate surface area is 181 Å². The number of phenols is 1. The largest absolute Gasteiger partial charge is 0.507 e. The molecule has 0 radical (unpaired) electrons. The number of hydrazone groups is 1. The van der Waals surface area contributed by atoms with Crippen LogP contribution in [0, 0.1) is 18.3 Å². The molecule has 2 N–H and O–H groups in total. The van der Waals surface area contributed by atoms with E-state index >= 15 is 0 Å². The van der Waals surface area contributed by atoms with Crippen LogP contribution < -0.4 is 15.1 Å². The normalized spacial score (nSPS) is 10.7. The number of anilines is 1. The number of pyridine rings is 1. The summed E-state index contributed by atoms with van der Waals surface area (Å²) in [7, 11) is 1.53. The first-order chi connectivity index (χ1) is 14.9. The zero-order chi connectivity index (χ0) is 22.8. The van der Waals surface area contributed by atoms with Crippen LogP contribution in [0.4, 0.5) is 5.69 Å². The van der Waals surface area contributed by atoms with Crippen molar-refractivity contribution in [1.29, 1.82) is 5.26 Å². The van der Waals surface area contributed by atoms with E-state index in [4.69, 9.17) is 9.47 Å². The molecule has 0 bridgehead atoms. The fourth-order valence-corrected chi connectivity index (χ4v) is 2.97. The Morgan fingerprint density at radius 1 is 1.35 bits per heavy atom. The van der Waals surface area contributed by atoms with Crippen molar-refractivity contribution in [2.75, 3.05) is 31.7 Å². The lowest BCUT2D eigenvalue weighted by Gasteiger charge is -2.21. The highest BCUT2D eigenvalue weighted by Gasteiger charge is 2.14. The monoisotopic (exact) mass is 425 g/mol.